The van der Waals surface area contributed by atoms with E-state index in [9.17, 15) is 19.4 Å². The molecular weight excluding hydrogens is 567 g/mol. The van der Waals surface area contributed by atoms with Crippen LogP contribution in [0.25, 0.3) is 22.5 Å². The molecule has 7 atom stereocenters. The summed E-state index contributed by atoms with van der Waals surface area (Å²) in [5.41, 5.74) is 1.74. The molecule has 0 aliphatic heterocycles. The Bertz CT molecular complexity index is 1850. The molecule has 45 heavy (non-hydrogen) atoms. The van der Waals surface area contributed by atoms with Crippen molar-refractivity contribution in [2.75, 3.05) is 6.61 Å². The Hall–Kier alpha value is -3.81. The smallest absolute Gasteiger partial charge is 0.202 e. The van der Waals surface area contributed by atoms with Gasteiger partial charge in [0.1, 0.15) is 23.8 Å². The number of carbonyl (C=O) groups is 1. The Labute approximate surface area is 262 Å². The molecule has 0 radical (unpaired) electrons. The van der Waals surface area contributed by atoms with Gasteiger partial charge in [-0.1, -0.05) is 49.8 Å². The molecule has 3 saturated carbocycles. The highest BCUT2D eigenvalue weighted by molar-refractivity contribution is 5.90. The molecule has 4 aliphatic rings. The second kappa shape index (κ2) is 10.1. The zero-order valence-corrected chi connectivity index (χ0v) is 25.7. The molecule has 0 bridgehead atoms. The highest BCUT2D eigenvalue weighted by Crippen LogP contribution is 2.67. The Kier molecular flexibility index (Phi) is 6.43. The van der Waals surface area contributed by atoms with Crippen LogP contribution in [-0.2, 0) is 11.2 Å². The maximum atomic E-state index is 13.8. The Morgan fingerprint density at radius 2 is 1.84 bits per heavy atom. The third kappa shape index (κ3) is 4.20. The number of Topliss-reactive ketones (excluding diaryl/α,β-unsaturated/α-hetero) is 1. The summed E-state index contributed by atoms with van der Waals surface area (Å²) in [7, 11) is 0. The molecule has 4 aromatic rings. The monoisotopic (exact) mass is 606 g/mol. The molecule has 0 amide bonds. The van der Waals surface area contributed by atoms with Gasteiger partial charge in [0.2, 0.25) is 5.78 Å². The van der Waals surface area contributed by atoms with Crippen molar-refractivity contribution in [3.05, 3.63) is 95.6 Å². The molecule has 1 heterocycles. The largest absolute Gasteiger partial charge is 0.486 e. The lowest BCUT2D eigenvalue weighted by atomic mass is 9.45. The molecule has 232 valence electrons. The molecule has 1 aromatic heterocycles. The van der Waals surface area contributed by atoms with E-state index in [1.165, 1.54) is 17.7 Å². The lowest BCUT2D eigenvalue weighted by Gasteiger charge is -2.60. The summed E-state index contributed by atoms with van der Waals surface area (Å²) in [6, 6.07) is 20.2. The summed E-state index contributed by atoms with van der Waals surface area (Å²) in [6.07, 6.45) is 7.57. The number of allylic oxidation sites excluding steroid dienone is 1. The van der Waals surface area contributed by atoms with Gasteiger partial charge in [0.05, 0.1) is 23.7 Å². The fourth-order valence-electron chi connectivity index (χ4n) is 9.96. The van der Waals surface area contributed by atoms with Crippen LogP contribution in [-0.4, -0.2) is 44.1 Å². The lowest BCUT2D eigenvalue weighted by molar-refractivity contribution is -0.180. The number of ether oxygens (including phenoxy) is 1. The van der Waals surface area contributed by atoms with Gasteiger partial charge in [-0.05, 0) is 121 Å². The normalized spacial score (nSPS) is 33.5. The molecule has 4 aliphatic carbocycles. The van der Waals surface area contributed by atoms with Crippen molar-refractivity contribution < 1.29 is 24.1 Å². The average Bonchev–Trinajstić information content (AvgIpc) is 3.55. The van der Waals surface area contributed by atoms with Crippen molar-refractivity contribution in [3.8, 4) is 11.4 Å². The molecule has 6 nitrogen and oxygen atoms in total. The van der Waals surface area contributed by atoms with E-state index in [1.807, 2.05) is 60.3 Å². The van der Waals surface area contributed by atoms with Gasteiger partial charge in [0.25, 0.3) is 0 Å². The molecule has 0 unspecified atom stereocenters. The van der Waals surface area contributed by atoms with Crippen molar-refractivity contribution >= 4 is 22.6 Å². The molecular formula is C38H39FN2O4. The number of carbonyl (C=O) groups excluding carboxylic acids is 1. The topological polar surface area (TPSA) is 84.6 Å². The highest BCUT2D eigenvalue weighted by atomic mass is 19.1. The zero-order valence-electron chi connectivity index (χ0n) is 25.7. The van der Waals surface area contributed by atoms with E-state index in [2.05, 4.69) is 18.1 Å². The number of hydrogen-bond acceptors (Lipinski definition) is 5. The third-order valence-electron chi connectivity index (χ3n) is 12.2. The summed E-state index contributed by atoms with van der Waals surface area (Å²) < 4.78 is 21.4. The molecule has 0 saturated heterocycles. The molecule has 0 spiro atoms. The van der Waals surface area contributed by atoms with Crippen LogP contribution in [0.3, 0.4) is 0 Å². The number of rotatable bonds is 5. The molecule has 2 N–H and O–H groups in total. The Balaban J connectivity index is 1.04. The summed E-state index contributed by atoms with van der Waals surface area (Å²) >= 11 is 0. The van der Waals surface area contributed by atoms with E-state index in [1.54, 1.807) is 12.1 Å². The minimum atomic E-state index is -1.55. The molecule has 3 aromatic carbocycles. The first-order valence-corrected chi connectivity index (χ1v) is 16.2. The first-order valence-electron chi connectivity index (χ1n) is 16.2. The van der Waals surface area contributed by atoms with Crippen LogP contribution in [0, 0.1) is 34.4 Å². The van der Waals surface area contributed by atoms with Gasteiger partial charge in [-0.2, -0.15) is 5.10 Å². The highest BCUT2D eigenvalue weighted by Gasteiger charge is 2.68. The average molecular weight is 607 g/mol. The van der Waals surface area contributed by atoms with E-state index in [4.69, 9.17) is 4.74 Å². The Morgan fingerprint density at radius 3 is 2.64 bits per heavy atom. The van der Waals surface area contributed by atoms with Crippen LogP contribution in [0.15, 0.2) is 78.5 Å². The van der Waals surface area contributed by atoms with Gasteiger partial charge in [0, 0.05) is 5.41 Å². The predicted octanol–water partition coefficient (Wildman–Crippen LogP) is 6.70. The van der Waals surface area contributed by atoms with Crippen LogP contribution < -0.4 is 4.74 Å². The summed E-state index contributed by atoms with van der Waals surface area (Å²) in [4.78, 5) is 13.8. The van der Waals surface area contributed by atoms with Crippen molar-refractivity contribution in [3.63, 3.8) is 0 Å². The summed E-state index contributed by atoms with van der Waals surface area (Å²) in [6.45, 7) is 4.10. The van der Waals surface area contributed by atoms with E-state index < -0.39 is 17.1 Å². The van der Waals surface area contributed by atoms with E-state index in [0.29, 0.717) is 18.6 Å². The van der Waals surface area contributed by atoms with E-state index in [-0.39, 0.29) is 41.4 Å². The van der Waals surface area contributed by atoms with Gasteiger partial charge in [-0.15, -0.1) is 0 Å². The quantitative estimate of drug-likeness (QED) is 0.264. The van der Waals surface area contributed by atoms with Gasteiger partial charge in [-0.3, -0.25) is 4.79 Å². The minimum Gasteiger partial charge on any atom is -0.486 e. The molecule has 8 rings (SSSR count). The number of hydrogen-bond donors (Lipinski definition) is 2. The molecule has 3 fully saturated rings. The van der Waals surface area contributed by atoms with Gasteiger partial charge < -0.3 is 14.9 Å². The van der Waals surface area contributed by atoms with E-state index in [0.717, 1.165) is 53.4 Å². The second-order valence-corrected chi connectivity index (χ2v) is 14.4. The fourth-order valence-corrected chi connectivity index (χ4v) is 9.96. The SMILES string of the molecule is C[C@]12Cc3cnn(-c4ccc(F)cc4)c3C=C1CC[C@@H]1[C@@H]2[C@@H](O)C[C@@]2(C)[C@H]1CC[C@]2(O)C(=O)COc1ccc2ccccc2c1. The minimum absolute atomic E-state index is 0.0178. The number of aliphatic hydroxyl groups excluding tert-OH is 1. The first kappa shape index (κ1) is 28.6. The van der Waals surface area contributed by atoms with Crippen molar-refractivity contribution in [2.45, 2.75) is 64.1 Å². The number of fused-ring (bicyclic) bond motifs is 7. The maximum Gasteiger partial charge on any atom is 0.202 e. The van der Waals surface area contributed by atoms with E-state index >= 15 is 0 Å². The number of nitrogens with zero attached hydrogens (tertiary/aromatic N) is 2. The van der Waals surface area contributed by atoms with Crippen LogP contribution in [0.1, 0.15) is 57.2 Å². The number of ketones is 1. The number of aromatic nitrogens is 2. The maximum absolute atomic E-state index is 13.8. The van der Waals surface area contributed by atoms with Gasteiger partial charge >= 0.3 is 0 Å². The third-order valence-corrected chi connectivity index (χ3v) is 12.2. The first-order chi connectivity index (χ1) is 21.6. The summed E-state index contributed by atoms with van der Waals surface area (Å²) in [5, 5.41) is 30.9. The number of benzene rings is 3. The zero-order chi connectivity index (χ0) is 31.1. The van der Waals surface area contributed by atoms with Crippen LogP contribution in [0.4, 0.5) is 4.39 Å². The standard InChI is InChI=1S/C38H39FN2O4/c1-36-19-25-21-40-41(28-11-9-27(39)10-12-28)32(25)18-26(36)8-14-30-31-15-16-38(44,37(31,2)20-33(42)35(30)36)34(43)22-45-29-13-7-23-5-3-4-6-24(23)17-29/h3-7,9-13,17-18,21,30-31,33,35,42,44H,8,14-16,19-20,22H2,1-2H3/t30-,31-,33-,35+,36-,37-,38-/m0/s1. The van der Waals surface area contributed by atoms with Gasteiger partial charge in [-0.25, -0.2) is 9.07 Å². The van der Waals surface area contributed by atoms with Gasteiger partial charge in [0.15, 0.2) is 0 Å². The number of aliphatic hydroxyl groups is 2. The van der Waals surface area contributed by atoms with Crippen LogP contribution in [0.2, 0.25) is 0 Å². The van der Waals surface area contributed by atoms with Crippen LogP contribution >= 0.6 is 0 Å². The Morgan fingerprint density at radius 1 is 1.07 bits per heavy atom. The molecule has 7 heteroatoms. The fraction of sp³-hybridized carbons (Fsp3) is 0.421. The predicted molar refractivity (Wildman–Crippen MR) is 170 cm³/mol. The number of halogens is 1. The summed E-state index contributed by atoms with van der Waals surface area (Å²) in [5.74, 6) is 0.363. The van der Waals surface area contributed by atoms with Crippen LogP contribution in [0.5, 0.6) is 5.75 Å². The van der Waals surface area contributed by atoms with Crippen molar-refractivity contribution in [1.82, 2.24) is 9.78 Å². The van der Waals surface area contributed by atoms with Crippen molar-refractivity contribution in [1.29, 1.82) is 0 Å². The lowest BCUT2D eigenvalue weighted by Crippen LogP contribution is -2.62. The van der Waals surface area contributed by atoms with Crippen molar-refractivity contribution in [2.24, 2.45) is 28.6 Å². The second-order valence-electron chi connectivity index (χ2n) is 14.4.